The van der Waals surface area contributed by atoms with E-state index in [4.69, 9.17) is 9.73 Å². The number of thioether (sulfide) groups is 1. The van der Waals surface area contributed by atoms with E-state index in [-0.39, 0.29) is 17.7 Å². The predicted octanol–water partition coefficient (Wildman–Crippen LogP) is 7.86. The number of rotatable bonds is 9. The lowest BCUT2D eigenvalue weighted by Crippen LogP contribution is -2.31. The number of aliphatic imine (C=N–C) groups is 1. The highest BCUT2D eigenvalue weighted by Crippen LogP contribution is 2.36. The number of benzene rings is 3. The number of aromatic amines is 1. The molecule has 1 atom stereocenters. The minimum absolute atomic E-state index is 0.0118. The number of halogens is 1. The molecule has 0 bridgehead atoms. The molecule has 1 amide bonds. The number of para-hydroxylation sites is 1. The molecule has 1 aromatic heterocycles. The smallest absolute Gasteiger partial charge is 0.269 e. The van der Waals surface area contributed by atoms with E-state index in [1.54, 1.807) is 17.0 Å². The number of amides is 1. The summed E-state index contributed by atoms with van der Waals surface area (Å²) in [6.07, 6.45) is 5.45. The predicted molar refractivity (Wildman–Crippen MR) is 164 cm³/mol. The van der Waals surface area contributed by atoms with E-state index in [1.165, 1.54) is 23.9 Å². The van der Waals surface area contributed by atoms with E-state index in [2.05, 4.69) is 33.9 Å². The van der Waals surface area contributed by atoms with E-state index in [1.807, 2.05) is 55.6 Å². The van der Waals surface area contributed by atoms with Crippen LogP contribution in [0.25, 0.3) is 17.0 Å². The van der Waals surface area contributed by atoms with Gasteiger partial charge in [0.2, 0.25) is 0 Å². The number of hydrogen-bond donors (Lipinski definition) is 1. The minimum Gasteiger partial charge on any atom is -0.490 e. The van der Waals surface area contributed by atoms with Crippen molar-refractivity contribution in [2.24, 2.45) is 4.99 Å². The van der Waals surface area contributed by atoms with Crippen LogP contribution in [0.15, 0.2) is 87.3 Å². The molecule has 1 saturated heterocycles. The van der Waals surface area contributed by atoms with Gasteiger partial charge in [0, 0.05) is 35.8 Å². The van der Waals surface area contributed by atoms with Crippen LogP contribution >= 0.6 is 27.7 Å². The van der Waals surface area contributed by atoms with Crippen molar-refractivity contribution in [1.29, 1.82) is 0 Å². The van der Waals surface area contributed by atoms with Gasteiger partial charge in [0.05, 0.1) is 26.1 Å². The van der Waals surface area contributed by atoms with E-state index in [0.29, 0.717) is 28.7 Å². The Morgan fingerprint density at radius 1 is 1.18 bits per heavy atom. The first-order chi connectivity index (χ1) is 19.3. The molecule has 10 heteroatoms. The largest absolute Gasteiger partial charge is 0.490 e. The molecule has 0 radical (unpaired) electrons. The number of H-pyrrole nitrogens is 1. The lowest BCUT2D eigenvalue weighted by Gasteiger charge is -2.15. The zero-order chi connectivity index (χ0) is 28.2. The fraction of sp³-hybridized carbons (Fsp3) is 0.200. The molecule has 2 heterocycles. The molecule has 0 aliphatic carbocycles. The number of nitro groups is 1. The Morgan fingerprint density at radius 3 is 2.67 bits per heavy atom. The number of carbonyl (C=O) groups is 1. The number of non-ortho nitro benzene ring substituents is 1. The van der Waals surface area contributed by atoms with Crippen LogP contribution in [-0.4, -0.2) is 38.5 Å². The van der Waals surface area contributed by atoms with Gasteiger partial charge in [-0.05, 0) is 95.0 Å². The second-order valence-electron chi connectivity index (χ2n) is 9.37. The van der Waals surface area contributed by atoms with Crippen molar-refractivity contribution in [3.8, 4) is 5.75 Å². The summed E-state index contributed by atoms with van der Waals surface area (Å²) in [6, 6.07) is 19.8. The van der Waals surface area contributed by atoms with E-state index in [9.17, 15) is 14.9 Å². The molecule has 40 heavy (non-hydrogen) atoms. The molecule has 1 N–H and O–H groups in total. The molecule has 0 saturated carbocycles. The van der Waals surface area contributed by atoms with Crippen molar-refractivity contribution < 1.29 is 14.5 Å². The van der Waals surface area contributed by atoms with Gasteiger partial charge >= 0.3 is 0 Å². The highest BCUT2D eigenvalue weighted by molar-refractivity contribution is 9.10. The standard InChI is InChI=1S/C30H27BrN4O4S/c1-3-19(2)39-27-13-8-20(16-25(27)31)17-28-29(36)34(15-14-21-18-32-26-7-5-4-6-24(21)26)30(40-28)33-22-9-11-23(12-10-22)35(37)38/h4-13,16-19,32H,3,14-15H2,1-2H3/b28-17-,33-30?/t19-/m1/s1. The second kappa shape index (κ2) is 12.1. The van der Waals surface area contributed by atoms with Crippen molar-refractivity contribution in [2.75, 3.05) is 6.54 Å². The molecule has 1 fully saturated rings. The lowest BCUT2D eigenvalue weighted by atomic mass is 10.1. The number of amidine groups is 1. The fourth-order valence-corrected chi connectivity index (χ4v) is 5.79. The van der Waals surface area contributed by atoms with Crippen LogP contribution in [0, 0.1) is 10.1 Å². The first-order valence-electron chi connectivity index (χ1n) is 12.9. The molecule has 3 aromatic carbocycles. The van der Waals surface area contributed by atoms with Gasteiger partial charge in [-0.3, -0.25) is 19.8 Å². The maximum Gasteiger partial charge on any atom is 0.269 e. The third-order valence-corrected chi connectivity index (χ3v) is 8.24. The summed E-state index contributed by atoms with van der Waals surface area (Å²) in [4.78, 5) is 34.5. The number of nitrogens with one attached hydrogen (secondary N) is 1. The van der Waals surface area contributed by atoms with Crippen LogP contribution in [0.2, 0.25) is 0 Å². The van der Waals surface area contributed by atoms with Crippen molar-refractivity contribution in [3.05, 3.63) is 104 Å². The Bertz CT molecular complexity index is 1630. The Labute approximate surface area is 244 Å². The SMILES string of the molecule is CC[C@@H](C)Oc1ccc(/C=C2\SC(=Nc3ccc([N+](=O)[O-])cc3)N(CCc3c[nH]c4ccccc34)C2=O)cc1Br. The number of nitro benzene ring substituents is 1. The van der Waals surface area contributed by atoms with Crippen LogP contribution in [0.5, 0.6) is 5.75 Å². The van der Waals surface area contributed by atoms with Gasteiger partial charge in [-0.1, -0.05) is 31.2 Å². The zero-order valence-corrected chi connectivity index (χ0v) is 24.4. The van der Waals surface area contributed by atoms with Gasteiger partial charge in [0.15, 0.2) is 5.17 Å². The third-order valence-electron chi connectivity index (χ3n) is 6.61. The van der Waals surface area contributed by atoms with Crippen molar-refractivity contribution in [1.82, 2.24) is 9.88 Å². The number of hydrogen-bond acceptors (Lipinski definition) is 6. The highest BCUT2D eigenvalue weighted by atomic mass is 79.9. The average Bonchev–Trinajstić information content (AvgIpc) is 3.49. The van der Waals surface area contributed by atoms with Gasteiger partial charge in [-0.25, -0.2) is 4.99 Å². The molecule has 0 spiro atoms. The summed E-state index contributed by atoms with van der Waals surface area (Å²) in [7, 11) is 0. The van der Waals surface area contributed by atoms with Crippen LogP contribution in [-0.2, 0) is 11.2 Å². The summed E-state index contributed by atoms with van der Waals surface area (Å²) in [5.41, 5.74) is 3.54. The Kier molecular flexibility index (Phi) is 8.37. The monoisotopic (exact) mass is 618 g/mol. The second-order valence-corrected chi connectivity index (χ2v) is 11.2. The first-order valence-corrected chi connectivity index (χ1v) is 14.5. The normalized spacial score (nSPS) is 16.3. The van der Waals surface area contributed by atoms with Crippen molar-refractivity contribution in [2.45, 2.75) is 32.8 Å². The molecule has 1 aliphatic heterocycles. The Morgan fingerprint density at radius 2 is 1.95 bits per heavy atom. The summed E-state index contributed by atoms with van der Waals surface area (Å²) >= 11 is 4.88. The molecule has 5 rings (SSSR count). The van der Waals surface area contributed by atoms with E-state index < -0.39 is 4.92 Å². The molecule has 8 nitrogen and oxygen atoms in total. The molecule has 204 valence electrons. The summed E-state index contributed by atoms with van der Waals surface area (Å²) < 4.78 is 6.76. The van der Waals surface area contributed by atoms with Crippen molar-refractivity contribution in [3.63, 3.8) is 0 Å². The van der Waals surface area contributed by atoms with Crippen LogP contribution in [0.3, 0.4) is 0 Å². The van der Waals surface area contributed by atoms with Gasteiger partial charge in [0.1, 0.15) is 5.75 Å². The topological polar surface area (TPSA) is 101 Å². The van der Waals surface area contributed by atoms with Crippen LogP contribution in [0.1, 0.15) is 31.4 Å². The Balaban J connectivity index is 1.43. The summed E-state index contributed by atoms with van der Waals surface area (Å²) in [5.74, 6) is 0.615. The third kappa shape index (κ3) is 6.13. The van der Waals surface area contributed by atoms with Gasteiger partial charge in [0.25, 0.3) is 11.6 Å². The first kappa shape index (κ1) is 27.7. The van der Waals surface area contributed by atoms with Gasteiger partial charge in [-0.2, -0.15) is 0 Å². The fourth-order valence-electron chi connectivity index (χ4n) is 4.27. The van der Waals surface area contributed by atoms with Crippen LogP contribution in [0.4, 0.5) is 11.4 Å². The number of nitrogens with zero attached hydrogens (tertiary/aromatic N) is 3. The number of ether oxygens (including phenoxy) is 1. The Hall–Kier alpha value is -3.89. The maximum absolute atomic E-state index is 13.6. The maximum atomic E-state index is 13.6. The van der Waals surface area contributed by atoms with Crippen LogP contribution < -0.4 is 4.74 Å². The van der Waals surface area contributed by atoms with E-state index in [0.717, 1.165) is 38.7 Å². The number of carbonyl (C=O) groups excluding carboxylic acids is 1. The van der Waals surface area contributed by atoms with Gasteiger partial charge < -0.3 is 9.72 Å². The van der Waals surface area contributed by atoms with Crippen molar-refractivity contribution >= 4 is 67.1 Å². The zero-order valence-electron chi connectivity index (χ0n) is 22.0. The average molecular weight is 620 g/mol. The molecular weight excluding hydrogens is 592 g/mol. The molecule has 0 unspecified atom stereocenters. The number of aromatic nitrogens is 1. The van der Waals surface area contributed by atoms with Gasteiger partial charge in [-0.15, -0.1) is 0 Å². The molecular formula is C30H27BrN4O4S. The highest BCUT2D eigenvalue weighted by Gasteiger charge is 2.33. The quantitative estimate of drug-likeness (QED) is 0.117. The lowest BCUT2D eigenvalue weighted by molar-refractivity contribution is -0.384. The minimum atomic E-state index is -0.448. The van der Waals surface area contributed by atoms with E-state index >= 15 is 0 Å². The summed E-state index contributed by atoms with van der Waals surface area (Å²) in [6.45, 7) is 4.52. The summed E-state index contributed by atoms with van der Waals surface area (Å²) in [5, 5.41) is 12.7. The molecule has 1 aliphatic rings. The number of fused-ring (bicyclic) bond motifs is 1. The molecule has 4 aromatic rings.